The third kappa shape index (κ3) is 2.72. The normalized spacial score (nSPS) is 33.2. The van der Waals surface area contributed by atoms with Crippen molar-refractivity contribution in [3.05, 3.63) is 6.42 Å². The smallest absolute Gasteiger partial charge is 0.0109 e. The molecule has 0 heterocycles. The molecule has 0 amide bonds. The Morgan fingerprint density at radius 1 is 1.38 bits per heavy atom. The summed E-state index contributed by atoms with van der Waals surface area (Å²) >= 11 is 0. The van der Waals surface area contributed by atoms with Crippen LogP contribution in [0.15, 0.2) is 0 Å². The Hall–Kier alpha value is 0. The van der Waals surface area contributed by atoms with E-state index in [1.165, 1.54) is 32.1 Å². The first-order chi connectivity index (χ1) is 6.08. The largest absolute Gasteiger partial charge is 0.0654 e. The maximum Gasteiger partial charge on any atom is -0.0109 e. The van der Waals surface area contributed by atoms with Gasteiger partial charge in [-0.3, -0.25) is 0 Å². The number of unbranched alkanes of at least 4 members (excludes halogenated alkanes) is 1. The molecule has 2 radical (unpaired) electrons. The molecule has 0 aromatic carbocycles. The molecule has 0 heteroatoms. The lowest BCUT2D eigenvalue weighted by atomic mass is 9.63. The summed E-state index contributed by atoms with van der Waals surface area (Å²) in [6, 6.07) is 0. The van der Waals surface area contributed by atoms with Gasteiger partial charge in [-0.15, -0.1) is 0 Å². The maximum atomic E-state index is 3.61. The lowest BCUT2D eigenvalue weighted by molar-refractivity contribution is 0.132. The highest BCUT2D eigenvalue weighted by atomic mass is 14.4. The molecule has 1 rings (SSSR count). The quantitative estimate of drug-likeness (QED) is 0.606. The first kappa shape index (κ1) is 11.1. The second kappa shape index (κ2) is 4.48. The van der Waals surface area contributed by atoms with E-state index in [1.54, 1.807) is 0 Å². The summed E-state index contributed by atoms with van der Waals surface area (Å²) in [5, 5.41) is 0. The van der Waals surface area contributed by atoms with Gasteiger partial charge in [0, 0.05) is 0 Å². The van der Waals surface area contributed by atoms with Crippen molar-refractivity contribution < 1.29 is 0 Å². The first-order valence-corrected chi connectivity index (χ1v) is 5.83. The van der Waals surface area contributed by atoms with E-state index in [2.05, 4.69) is 34.1 Å². The molecule has 0 bridgehead atoms. The van der Waals surface area contributed by atoms with Gasteiger partial charge in [0.1, 0.15) is 0 Å². The first-order valence-electron chi connectivity index (χ1n) is 5.83. The average Bonchev–Trinajstić information content (AvgIpc) is 2.08. The van der Waals surface area contributed by atoms with E-state index in [4.69, 9.17) is 0 Å². The second-order valence-electron chi connectivity index (χ2n) is 5.13. The Kier molecular flexibility index (Phi) is 3.82. The molecule has 13 heavy (non-hydrogen) atoms. The highest BCUT2D eigenvalue weighted by Crippen LogP contribution is 2.44. The van der Waals surface area contributed by atoms with Crippen LogP contribution in [-0.2, 0) is 0 Å². The molecule has 76 valence electrons. The molecule has 1 saturated carbocycles. The predicted octanol–water partition coefficient (Wildman–Crippen LogP) is 4.33. The Morgan fingerprint density at radius 2 is 2.08 bits per heavy atom. The molecule has 1 fully saturated rings. The van der Waals surface area contributed by atoms with Crippen LogP contribution in [0.4, 0.5) is 0 Å². The van der Waals surface area contributed by atoms with E-state index in [9.17, 15) is 0 Å². The van der Waals surface area contributed by atoms with E-state index < -0.39 is 0 Å². The molecule has 0 aromatic rings. The SMILES string of the molecule is CCCCC1CC[C]C(C)(C)C1C. The maximum absolute atomic E-state index is 3.61. The Bertz CT molecular complexity index is 146. The predicted molar refractivity (Wildman–Crippen MR) is 58.4 cm³/mol. The van der Waals surface area contributed by atoms with Crippen LogP contribution < -0.4 is 0 Å². The standard InChI is InChI=1S/C13H24/c1-5-6-8-12-9-7-10-13(3,4)11(12)2/h11-12H,5-9H2,1-4H3. The summed E-state index contributed by atoms with van der Waals surface area (Å²) in [4.78, 5) is 0. The van der Waals surface area contributed by atoms with Gasteiger partial charge in [-0.05, 0) is 36.5 Å². The molecule has 0 nitrogen and oxygen atoms in total. The Labute approximate surface area is 84.1 Å². The number of rotatable bonds is 3. The summed E-state index contributed by atoms with van der Waals surface area (Å²) in [6.45, 7) is 9.38. The lowest BCUT2D eigenvalue weighted by Crippen LogP contribution is -2.33. The topological polar surface area (TPSA) is 0 Å². The van der Waals surface area contributed by atoms with Crippen LogP contribution in [0.1, 0.15) is 59.8 Å². The van der Waals surface area contributed by atoms with Gasteiger partial charge in [0.05, 0.1) is 0 Å². The van der Waals surface area contributed by atoms with Gasteiger partial charge < -0.3 is 0 Å². The van der Waals surface area contributed by atoms with Gasteiger partial charge in [-0.1, -0.05) is 47.0 Å². The minimum Gasteiger partial charge on any atom is -0.0654 e. The summed E-state index contributed by atoms with van der Waals surface area (Å²) in [5.41, 5.74) is 0.358. The molecular formula is C13H24. The van der Waals surface area contributed by atoms with E-state index >= 15 is 0 Å². The van der Waals surface area contributed by atoms with Crippen LogP contribution in [0.2, 0.25) is 0 Å². The Morgan fingerprint density at radius 3 is 2.69 bits per heavy atom. The fraction of sp³-hybridized carbons (Fsp3) is 0.923. The molecule has 2 unspecified atom stereocenters. The summed E-state index contributed by atoms with van der Waals surface area (Å²) in [6.07, 6.45) is 10.4. The molecule has 0 spiro atoms. The van der Waals surface area contributed by atoms with Crippen LogP contribution in [0.25, 0.3) is 0 Å². The highest BCUT2D eigenvalue weighted by molar-refractivity contribution is 4.96. The van der Waals surface area contributed by atoms with Gasteiger partial charge in [0.25, 0.3) is 0 Å². The fourth-order valence-corrected chi connectivity index (χ4v) is 2.44. The monoisotopic (exact) mass is 180 g/mol. The number of hydrogen-bond donors (Lipinski definition) is 0. The highest BCUT2D eigenvalue weighted by Gasteiger charge is 2.35. The molecule has 0 saturated heterocycles. The molecule has 1 aliphatic carbocycles. The van der Waals surface area contributed by atoms with Crippen molar-refractivity contribution in [2.24, 2.45) is 17.3 Å². The Balaban J connectivity index is 2.45. The van der Waals surface area contributed by atoms with Crippen LogP contribution in [0, 0.1) is 23.7 Å². The van der Waals surface area contributed by atoms with E-state index in [0.717, 1.165) is 11.8 Å². The van der Waals surface area contributed by atoms with Gasteiger partial charge in [-0.2, -0.15) is 0 Å². The average molecular weight is 180 g/mol. The second-order valence-corrected chi connectivity index (χ2v) is 5.13. The van der Waals surface area contributed by atoms with Crippen LogP contribution in [0.3, 0.4) is 0 Å². The fourth-order valence-electron chi connectivity index (χ4n) is 2.44. The number of hydrogen-bond acceptors (Lipinski definition) is 0. The van der Waals surface area contributed by atoms with Crippen molar-refractivity contribution in [3.63, 3.8) is 0 Å². The lowest BCUT2D eigenvalue weighted by Gasteiger charge is -2.41. The third-order valence-corrected chi connectivity index (χ3v) is 3.87. The van der Waals surface area contributed by atoms with Crippen molar-refractivity contribution in [2.45, 2.75) is 59.8 Å². The minimum absolute atomic E-state index is 0.358. The third-order valence-electron chi connectivity index (χ3n) is 3.87. The molecule has 0 aromatic heterocycles. The van der Waals surface area contributed by atoms with Gasteiger partial charge >= 0.3 is 0 Å². The zero-order valence-electron chi connectivity index (χ0n) is 9.69. The minimum atomic E-state index is 0.358. The zero-order valence-corrected chi connectivity index (χ0v) is 9.69. The van der Waals surface area contributed by atoms with Crippen molar-refractivity contribution in [2.75, 3.05) is 0 Å². The van der Waals surface area contributed by atoms with Crippen molar-refractivity contribution >= 4 is 0 Å². The molecular weight excluding hydrogens is 156 g/mol. The van der Waals surface area contributed by atoms with Crippen LogP contribution in [0.5, 0.6) is 0 Å². The molecule has 0 aliphatic heterocycles. The molecule has 2 atom stereocenters. The summed E-state index contributed by atoms with van der Waals surface area (Å²) in [5.74, 6) is 1.78. The van der Waals surface area contributed by atoms with Gasteiger partial charge in [0.2, 0.25) is 0 Å². The van der Waals surface area contributed by atoms with Crippen molar-refractivity contribution in [1.82, 2.24) is 0 Å². The van der Waals surface area contributed by atoms with E-state index in [1.807, 2.05) is 0 Å². The van der Waals surface area contributed by atoms with Crippen LogP contribution >= 0.6 is 0 Å². The molecule has 1 aliphatic rings. The van der Waals surface area contributed by atoms with Crippen molar-refractivity contribution in [1.29, 1.82) is 0 Å². The van der Waals surface area contributed by atoms with Crippen molar-refractivity contribution in [3.8, 4) is 0 Å². The van der Waals surface area contributed by atoms with E-state index in [-0.39, 0.29) is 0 Å². The summed E-state index contributed by atoms with van der Waals surface area (Å²) in [7, 11) is 0. The summed E-state index contributed by atoms with van der Waals surface area (Å²) < 4.78 is 0. The van der Waals surface area contributed by atoms with Gasteiger partial charge in [-0.25, -0.2) is 0 Å². The zero-order chi connectivity index (χ0) is 9.90. The molecule has 0 N–H and O–H groups in total. The van der Waals surface area contributed by atoms with Crippen LogP contribution in [-0.4, -0.2) is 0 Å². The van der Waals surface area contributed by atoms with Gasteiger partial charge in [0.15, 0.2) is 0 Å². The van der Waals surface area contributed by atoms with E-state index in [0.29, 0.717) is 5.41 Å².